The summed E-state index contributed by atoms with van der Waals surface area (Å²) in [5, 5.41) is 3.74. The molecule has 0 saturated heterocycles. The summed E-state index contributed by atoms with van der Waals surface area (Å²) in [4.78, 5) is 0. The molecule has 0 aromatic heterocycles. The summed E-state index contributed by atoms with van der Waals surface area (Å²) < 4.78 is 0. The molecule has 0 amide bonds. The van der Waals surface area contributed by atoms with Crippen LogP contribution in [-0.4, -0.2) is 10.7 Å². The summed E-state index contributed by atoms with van der Waals surface area (Å²) in [5.74, 6) is 1.32. The van der Waals surface area contributed by atoms with Crippen molar-refractivity contribution in [2.75, 3.05) is 10.7 Å². The van der Waals surface area contributed by atoms with Crippen molar-refractivity contribution in [1.29, 1.82) is 0 Å². The third kappa shape index (κ3) is 7.92. The fourth-order valence-corrected chi connectivity index (χ4v) is 4.73. The van der Waals surface area contributed by atoms with Crippen molar-refractivity contribution >= 4 is 55.1 Å². The summed E-state index contributed by atoms with van der Waals surface area (Å²) in [5.41, 5.74) is 2.76. The average Bonchev–Trinajstić information content (AvgIpc) is 2.64. The van der Waals surface area contributed by atoms with Gasteiger partial charge in [-0.15, -0.1) is 0 Å². The van der Waals surface area contributed by atoms with Crippen LogP contribution >= 0.6 is 55.1 Å². The van der Waals surface area contributed by atoms with E-state index in [0.717, 1.165) is 33.5 Å². The van der Waals surface area contributed by atoms with Gasteiger partial charge in [-0.25, -0.2) is 0 Å². The van der Waals surface area contributed by atoms with Gasteiger partial charge in [-0.3, -0.25) is 0 Å². The highest BCUT2D eigenvalue weighted by molar-refractivity contribution is 9.09. The lowest BCUT2D eigenvalue weighted by Gasteiger charge is -2.27. The first-order valence-electron chi connectivity index (χ1n) is 9.23. The third-order valence-electron chi connectivity index (χ3n) is 4.93. The van der Waals surface area contributed by atoms with E-state index in [-0.39, 0.29) is 0 Å². The Balaban J connectivity index is 2.13. The molecule has 2 aromatic rings. The van der Waals surface area contributed by atoms with Gasteiger partial charge in [-0.2, -0.15) is 0 Å². The second kappa shape index (κ2) is 12.4. The Morgan fingerprint density at radius 3 is 1.50 bits per heavy atom. The van der Waals surface area contributed by atoms with Crippen LogP contribution in [0.1, 0.15) is 36.8 Å². The van der Waals surface area contributed by atoms with Crippen LogP contribution in [-0.2, 0) is 12.8 Å². The molecule has 2 aromatic carbocycles. The van der Waals surface area contributed by atoms with E-state index in [1.54, 1.807) is 0 Å². The van der Waals surface area contributed by atoms with Crippen LogP contribution in [0.2, 0.25) is 10.0 Å². The molecule has 0 bridgehead atoms. The van der Waals surface area contributed by atoms with Gasteiger partial charge >= 0.3 is 0 Å². The lowest BCUT2D eigenvalue weighted by Crippen LogP contribution is -2.21. The standard InChI is InChI=1S/C22H26Br2Cl2/c23-13-2-1-3-19(15-17-4-8-21(25)9-5-17)20(12-14-24)16-18-6-10-22(26)11-7-18/h4-11,19-20H,1-3,12-16H2/t19-,20-/m0/s1. The molecular weight excluding hydrogens is 495 g/mol. The Kier molecular flexibility index (Phi) is 10.7. The smallest absolute Gasteiger partial charge is 0.0406 e. The van der Waals surface area contributed by atoms with Gasteiger partial charge in [-0.1, -0.05) is 85.7 Å². The Morgan fingerprint density at radius 2 is 1.08 bits per heavy atom. The van der Waals surface area contributed by atoms with E-state index in [1.807, 2.05) is 24.3 Å². The van der Waals surface area contributed by atoms with E-state index in [1.165, 1.54) is 36.8 Å². The molecule has 0 nitrogen and oxygen atoms in total. The van der Waals surface area contributed by atoms with Crippen molar-refractivity contribution in [3.63, 3.8) is 0 Å². The molecular formula is C22H26Br2Cl2. The molecule has 0 aliphatic rings. The van der Waals surface area contributed by atoms with E-state index in [0.29, 0.717) is 11.8 Å². The van der Waals surface area contributed by atoms with Crippen molar-refractivity contribution in [3.05, 3.63) is 69.7 Å². The highest BCUT2D eigenvalue weighted by Crippen LogP contribution is 2.30. The molecule has 0 spiro atoms. The van der Waals surface area contributed by atoms with Crippen molar-refractivity contribution in [2.45, 2.75) is 38.5 Å². The lowest BCUT2D eigenvalue weighted by molar-refractivity contribution is 0.295. The number of hydrogen-bond donors (Lipinski definition) is 0. The van der Waals surface area contributed by atoms with E-state index in [9.17, 15) is 0 Å². The predicted molar refractivity (Wildman–Crippen MR) is 123 cm³/mol. The first-order valence-corrected chi connectivity index (χ1v) is 12.2. The van der Waals surface area contributed by atoms with Crippen LogP contribution in [0.4, 0.5) is 0 Å². The zero-order valence-corrected chi connectivity index (χ0v) is 19.6. The van der Waals surface area contributed by atoms with Gasteiger partial charge in [-0.05, 0) is 79.3 Å². The molecule has 26 heavy (non-hydrogen) atoms. The maximum absolute atomic E-state index is 6.06. The van der Waals surface area contributed by atoms with E-state index < -0.39 is 0 Å². The molecule has 0 aliphatic heterocycles. The lowest BCUT2D eigenvalue weighted by atomic mass is 9.78. The molecule has 0 radical (unpaired) electrons. The topological polar surface area (TPSA) is 0 Å². The second-order valence-corrected chi connectivity index (χ2v) is 9.30. The normalized spacial score (nSPS) is 13.5. The molecule has 0 saturated carbocycles. The fraction of sp³-hybridized carbons (Fsp3) is 0.455. The molecule has 2 rings (SSSR count). The minimum Gasteiger partial charge on any atom is -0.0928 e. The predicted octanol–water partition coefficient (Wildman–Crippen LogP) is 8.36. The van der Waals surface area contributed by atoms with Crippen LogP contribution in [0.25, 0.3) is 0 Å². The summed E-state index contributed by atoms with van der Waals surface area (Å²) in [6.45, 7) is 0. The number of alkyl halides is 2. The third-order valence-corrected chi connectivity index (χ3v) is 6.45. The second-order valence-electron chi connectivity index (χ2n) is 6.84. The summed E-state index contributed by atoms with van der Waals surface area (Å²) >= 11 is 19.4. The fourth-order valence-electron chi connectivity index (χ4n) is 3.50. The Bertz CT molecular complexity index is 626. The van der Waals surface area contributed by atoms with Crippen LogP contribution in [0.5, 0.6) is 0 Å². The first-order chi connectivity index (χ1) is 12.6. The molecule has 0 aliphatic carbocycles. The summed E-state index contributed by atoms with van der Waals surface area (Å²) in [6.07, 6.45) is 7.18. The Labute approximate surface area is 184 Å². The number of hydrogen-bond acceptors (Lipinski definition) is 0. The number of halogens is 4. The van der Waals surface area contributed by atoms with Crippen molar-refractivity contribution in [1.82, 2.24) is 0 Å². The highest BCUT2D eigenvalue weighted by atomic mass is 79.9. The zero-order valence-electron chi connectivity index (χ0n) is 14.9. The summed E-state index contributed by atoms with van der Waals surface area (Å²) in [7, 11) is 0. The highest BCUT2D eigenvalue weighted by Gasteiger charge is 2.22. The van der Waals surface area contributed by atoms with Gasteiger partial charge in [0.05, 0.1) is 0 Å². The van der Waals surface area contributed by atoms with Crippen LogP contribution < -0.4 is 0 Å². The monoisotopic (exact) mass is 518 g/mol. The molecule has 2 atom stereocenters. The quantitative estimate of drug-likeness (QED) is 0.206. The first kappa shape index (κ1) is 22.3. The Morgan fingerprint density at radius 1 is 0.615 bits per heavy atom. The number of unbranched alkanes of at least 4 members (excludes halogenated alkanes) is 1. The molecule has 142 valence electrons. The molecule has 4 heteroatoms. The zero-order chi connectivity index (χ0) is 18.8. The number of benzene rings is 2. The van der Waals surface area contributed by atoms with Crippen LogP contribution in [0, 0.1) is 11.8 Å². The largest absolute Gasteiger partial charge is 0.0928 e. The van der Waals surface area contributed by atoms with E-state index in [4.69, 9.17) is 23.2 Å². The van der Waals surface area contributed by atoms with Gasteiger partial charge in [0.1, 0.15) is 0 Å². The van der Waals surface area contributed by atoms with Gasteiger partial charge in [0, 0.05) is 20.7 Å². The van der Waals surface area contributed by atoms with Crippen molar-refractivity contribution in [2.24, 2.45) is 11.8 Å². The van der Waals surface area contributed by atoms with Gasteiger partial charge in [0.15, 0.2) is 0 Å². The average molecular weight is 521 g/mol. The van der Waals surface area contributed by atoms with Crippen molar-refractivity contribution in [3.8, 4) is 0 Å². The van der Waals surface area contributed by atoms with Gasteiger partial charge in [0.25, 0.3) is 0 Å². The molecule has 0 N–H and O–H groups in total. The molecule has 0 fully saturated rings. The van der Waals surface area contributed by atoms with E-state index in [2.05, 4.69) is 56.1 Å². The Hall–Kier alpha value is -0.0200. The van der Waals surface area contributed by atoms with Crippen molar-refractivity contribution < 1.29 is 0 Å². The molecule has 0 heterocycles. The molecule has 0 unspecified atom stereocenters. The maximum Gasteiger partial charge on any atom is 0.0406 e. The number of rotatable bonds is 11. The minimum atomic E-state index is 0.654. The van der Waals surface area contributed by atoms with Crippen LogP contribution in [0.3, 0.4) is 0 Å². The van der Waals surface area contributed by atoms with Gasteiger partial charge in [0.2, 0.25) is 0 Å². The van der Waals surface area contributed by atoms with Crippen LogP contribution in [0.15, 0.2) is 48.5 Å². The summed E-state index contributed by atoms with van der Waals surface area (Å²) in [6, 6.07) is 16.7. The maximum atomic E-state index is 6.06. The SMILES string of the molecule is Clc1ccc(C[C@H](CCBr)[C@@H](CCCCBr)Cc2ccc(Cl)cc2)cc1. The van der Waals surface area contributed by atoms with Gasteiger partial charge < -0.3 is 0 Å². The van der Waals surface area contributed by atoms with E-state index >= 15 is 0 Å². The minimum absolute atomic E-state index is 0.654.